The van der Waals surface area contributed by atoms with Crippen molar-refractivity contribution in [2.45, 2.75) is 44.8 Å². The van der Waals surface area contributed by atoms with Gasteiger partial charge in [0.15, 0.2) is 5.60 Å². The van der Waals surface area contributed by atoms with E-state index in [4.69, 9.17) is 10.5 Å². The number of methoxy groups -OCH3 is 1. The lowest BCUT2D eigenvalue weighted by molar-refractivity contribution is -0.140. The van der Waals surface area contributed by atoms with Crippen LogP contribution in [0.5, 0.6) is 0 Å². The van der Waals surface area contributed by atoms with E-state index in [1.54, 1.807) is 66.4 Å². The van der Waals surface area contributed by atoms with Gasteiger partial charge in [0.25, 0.3) is 11.8 Å². The van der Waals surface area contributed by atoms with E-state index >= 15 is 0 Å². The van der Waals surface area contributed by atoms with Crippen molar-refractivity contribution in [1.82, 2.24) is 4.90 Å². The van der Waals surface area contributed by atoms with Crippen molar-refractivity contribution in [3.8, 4) is 0 Å². The second-order valence-corrected chi connectivity index (χ2v) is 11.5. The molecule has 1 aliphatic heterocycles. The zero-order valence-electron chi connectivity index (χ0n) is 26.7. The van der Waals surface area contributed by atoms with Crippen molar-refractivity contribution in [3.05, 3.63) is 102 Å². The van der Waals surface area contributed by atoms with Crippen LogP contribution in [-0.2, 0) is 31.3 Å². The average molecular weight is 643 g/mol. The number of rotatable bonds is 15. The summed E-state index contributed by atoms with van der Waals surface area (Å²) in [5, 5.41) is 24.5. The van der Waals surface area contributed by atoms with Crippen molar-refractivity contribution in [2.75, 3.05) is 42.8 Å². The quantitative estimate of drug-likeness (QED) is 0.0837. The number of hydrogen-bond acceptors (Lipinski definition) is 8. The highest BCUT2D eigenvalue weighted by atomic mass is 16.5. The molecule has 0 saturated carbocycles. The van der Waals surface area contributed by atoms with Gasteiger partial charge in [0.05, 0.1) is 19.4 Å². The summed E-state index contributed by atoms with van der Waals surface area (Å²) in [6.45, 7) is 2.28. The Hall–Kier alpha value is -5.00. The van der Waals surface area contributed by atoms with Gasteiger partial charge in [-0.25, -0.2) is 0 Å². The van der Waals surface area contributed by atoms with Gasteiger partial charge in [-0.05, 0) is 60.9 Å². The predicted molar refractivity (Wildman–Crippen MR) is 179 cm³/mol. The summed E-state index contributed by atoms with van der Waals surface area (Å²) >= 11 is 0. The van der Waals surface area contributed by atoms with Crippen molar-refractivity contribution in [2.24, 2.45) is 5.92 Å². The Bertz CT molecular complexity index is 1590. The third-order valence-corrected chi connectivity index (χ3v) is 8.26. The number of amides is 3. The molecule has 1 heterocycles. The van der Waals surface area contributed by atoms with Crippen molar-refractivity contribution in [1.29, 1.82) is 0 Å². The SMILES string of the molecule is COC(=O)CCCCN1C(=O)[C@](O)([C@H](C)/C=C/CC(=O)N(CCO)Cc2ccccc2)c2cc(NC(=O)c3ccc(N)cc3)ccc21. The molecular weight excluding hydrogens is 600 g/mol. The predicted octanol–water partition coefficient (Wildman–Crippen LogP) is 4.00. The van der Waals surface area contributed by atoms with Gasteiger partial charge in [-0.2, -0.15) is 0 Å². The van der Waals surface area contributed by atoms with Crippen LogP contribution in [0.4, 0.5) is 17.1 Å². The molecule has 0 bridgehead atoms. The van der Waals surface area contributed by atoms with Crippen LogP contribution < -0.4 is 16.0 Å². The summed E-state index contributed by atoms with van der Waals surface area (Å²) in [6, 6.07) is 20.8. The molecule has 5 N–H and O–H groups in total. The highest BCUT2D eigenvalue weighted by molar-refractivity contribution is 6.09. The van der Waals surface area contributed by atoms with Crippen molar-refractivity contribution < 1.29 is 34.1 Å². The molecule has 0 aliphatic carbocycles. The Morgan fingerprint density at radius 1 is 1.06 bits per heavy atom. The second kappa shape index (κ2) is 16.0. The molecule has 0 radical (unpaired) electrons. The van der Waals surface area contributed by atoms with Crippen molar-refractivity contribution >= 4 is 40.8 Å². The van der Waals surface area contributed by atoms with E-state index in [1.807, 2.05) is 30.3 Å². The zero-order chi connectivity index (χ0) is 34.0. The van der Waals surface area contributed by atoms with Gasteiger partial charge in [0.1, 0.15) is 0 Å². The summed E-state index contributed by atoms with van der Waals surface area (Å²) in [7, 11) is 1.32. The van der Waals surface area contributed by atoms with Crippen LogP contribution in [0.3, 0.4) is 0 Å². The fourth-order valence-electron chi connectivity index (χ4n) is 5.58. The number of benzene rings is 3. The number of unbranched alkanes of at least 4 members (excludes halogenated alkanes) is 1. The molecule has 2 atom stereocenters. The van der Waals surface area contributed by atoms with Gasteiger partial charge in [0.2, 0.25) is 5.91 Å². The number of aliphatic hydroxyl groups excluding tert-OH is 1. The van der Waals surface area contributed by atoms with Gasteiger partial charge in [0, 0.05) is 60.9 Å². The van der Waals surface area contributed by atoms with Gasteiger partial charge in [-0.15, -0.1) is 0 Å². The first-order valence-electron chi connectivity index (χ1n) is 15.6. The molecule has 3 aromatic carbocycles. The van der Waals surface area contributed by atoms with E-state index in [2.05, 4.69) is 5.32 Å². The van der Waals surface area contributed by atoms with Crippen LogP contribution in [0.25, 0.3) is 0 Å². The van der Waals surface area contributed by atoms with Crippen LogP contribution in [0.2, 0.25) is 0 Å². The fraction of sp³-hybridized carbons (Fsp3) is 0.333. The summed E-state index contributed by atoms with van der Waals surface area (Å²) < 4.78 is 4.71. The molecule has 47 heavy (non-hydrogen) atoms. The lowest BCUT2D eigenvalue weighted by atomic mass is 9.82. The van der Waals surface area contributed by atoms with Gasteiger partial charge < -0.3 is 35.8 Å². The summed E-state index contributed by atoms with van der Waals surface area (Å²) in [6.07, 6.45) is 4.45. The Morgan fingerprint density at radius 2 is 1.79 bits per heavy atom. The normalized spacial score (nSPS) is 16.2. The van der Waals surface area contributed by atoms with E-state index in [0.717, 1.165) is 5.56 Å². The number of aliphatic hydroxyl groups is 2. The van der Waals surface area contributed by atoms with E-state index in [-0.39, 0.29) is 50.3 Å². The molecule has 0 fully saturated rings. The Kier molecular flexibility index (Phi) is 11.9. The lowest BCUT2D eigenvalue weighted by Gasteiger charge is -2.28. The number of nitrogen functional groups attached to an aromatic ring is 1. The number of carbonyl (C=O) groups excluding carboxylic acids is 4. The van der Waals surface area contributed by atoms with E-state index in [9.17, 15) is 29.4 Å². The number of esters is 1. The van der Waals surface area contributed by atoms with Gasteiger partial charge >= 0.3 is 5.97 Å². The lowest BCUT2D eigenvalue weighted by Crippen LogP contribution is -2.44. The average Bonchev–Trinajstić information content (AvgIpc) is 3.29. The minimum absolute atomic E-state index is 0.00320. The topological polar surface area (TPSA) is 162 Å². The maximum absolute atomic E-state index is 13.9. The summed E-state index contributed by atoms with van der Waals surface area (Å²) in [4.78, 5) is 54.6. The number of anilines is 3. The van der Waals surface area contributed by atoms with Gasteiger partial charge in [-0.1, -0.05) is 49.4 Å². The number of ether oxygens (including phenoxy) is 1. The molecule has 3 amide bonds. The maximum Gasteiger partial charge on any atom is 0.305 e. The number of hydrogen-bond donors (Lipinski definition) is 4. The Balaban J connectivity index is 1.55. The number of nitrogens with two attached hydrogens (primary N) is 1. The largest absolute Gasteiger partial charge is 0.469 e. The fourth-order valence-corrected chi connectivity index (χ4v) is 5.58. The van der Waals surface area contributed by atoms with E-state index < -0.39 is 17.4 Å². The molecule has 0 unspecified atom stereocenters. The molecule has 3 aromatic rings. The molecule has 0 saturated heterocycles. The van der Waals surface area contributed by atoms with Gasteiger partial charge in [-0.3, -0.25) is 19.2 Å². The second-order valence-electron chi connectivity index (χ2n) is 11.5. The van der Waals surface area contributed by atoms with Crippen LogP contribution in [0, 0.1) is 5.92 Å². The van der Waals surface area contributed by atoms with Crippen molar-refractivity contribution in [3.63, 3.8) is 0 Å². The third kappa shape index (κ3) is 8.43. The highest BCUT2D eigenvalue weighted by Crippen LogP contribution is 2.46. The molecule has 248 valence electrons. The molecular formula is C36H42N4O7. The maximum atomic E-state index is 13.9. The molecule has 11 nitrogen and oxygen atoms in total. The Labute approximate surface area is 274 Å². The number of nitrogens with one attached hydrogen (secondary N) is 1. The highest BCUT2D eigenvalue weighted by Gasteiger charge is 2.52. The number of fused-ring (bicyclic) bond motifs is 1. The Morgan fingerprint density at radius 3 is 2.47 bits per heavy atom. The molecule has 4 rings (SSSR count). The molecule has 0 spiro atoms. The molecule has 1 aliphatic rings. The third-order valence-electron chi connectivity index (χ3n) is 8.26. The van der Waals surface area contributed by atoms with Crippen LogP contribution in [-0.4, -0.2) is 65.6 Å². The first-order valence-corrected chi connectivity index (χ1v) is 15.6. The number of carbonyl (C=O) groups is 4. The summed E-state index contributed by atoms with van der Waals surface area (Å²) in [5.74, 6) is -2.24. The number of nitrogens with zero attached hydrogens (tertiary/aromatic N) is 2. The zero-order valence-corrected chi connectivity index (χ0v) is 26.7. The summed E-state index contributed by atoms with van der Waals surface area (Å²) in [5.41, 5.74) is 6.80. The van der Waals surface area contributed by atoms with E-state index in [0.29, 0.717) is 47.6 Å². The first kappa shape index (κ1) is 34.9. The minimum Gasteiger partial charge on any atom is -0.469 e. The first-order chi connectivity index (χ1) is 22.6. The molecule has 11 heteroatoms. The molecule has 0 aromatic heterocycles. The van der Waals surface area contributed by atoms with Crippen LogP contribution in [0.1, 0.15) is 54.1 Å². The standard InChI is InChI=1S/C36H42N4O7/c1-25(9-8-12-32(42)39(21-22-41)24-26-10-4-3-5-11-26)36(46)30-23-29(38-34(44)27-14-16-28(37)17-15-27)18-19-31(30)40(35(36)45)20-7-6-13-33(43)47-2/h3-5,8-11,14-19,23,25,41,46H,6-7,12-13,20-22,24,37H2,1-2H3,(H,38,44)/b9-8+/t25-,36+/m1/s1. The minimum atomic E-state index is -1.99. The van der Waals surface area contributed by atoms with E-state index in [1.165, 1.54) is 12.0 Å². The van der Waals surface area contributed by atoms with Crippen LogP contribution in [0.15, 0.2) is 84.9 Å². The van der Waals surface area contributed by atoms with Crippen LogP contribution >= 0.6 is 0 Å². The smallest absolute Gasteiger partial charge is 0.305 e. The monoisotopic (exact) mass is 642 g/mol.